The molecule has 4 nitrogen and oxygen atoms in total. The molecule has 0 atom stereocenters. The minimum Gasteiger partial charge on any atom is -0.365 e. The highest BCUT2D eigenvalue weighted by Crippen LogP contribution is 2.27. The molecule has 0 unspecified atom stereocenters. The lowest BCUT2D eigenvalue weighted by Crippen LogP contribution is -2.23. The van der Waals surface area contributed by atoms with Crippen LogP contribution in [-0.4, -0.2) is 17.9 Å². The number of aromatic nitrogens is 1. The van der Waals surface area contributed by atoms with Crippen molar-refractivity contribution in [3.05, 3.63) is 57.7 Å². The van der Waals surface area contributed by atoms with E-state index in [4.69, 9.17) is 28.9 Å². The minimum atomic E-state index is -0.517. The Kier molecular flexibility index (Phi) is 4.47. The molecule has 0 aliphatic heterocycles. The smallest absolute Gasteiger partial charge is 0.252 e. The van der Waals surface area contributed by atoms with Crippen molar-refractivity contribution in [1.29, 1.82) is 0 Å². The molecule has 0 aliphatic carbocycles. The number of halogens is 2. The van der Waals surface area contributed by atoms with Crippen molar-refractivity contribution in [2.75, 3.05) is 11.9 Å². The Morgan fingerprint density at radius 1 is 1.30 bits per heavy atom. The molecule has 0 radical (unpaired) electrons. The van der Waals surface area contributed by atoms with Gasteiger partial charge in [0.15, 0.2) is 0 Å². The summed E-state index contributed by atoms with van der Waals surface area (Å²) < 4.78 is 0. The number of hydrogen-bond acceptors (Lipinski definition) is 3. The van der Waals surface area contributed by atoms with Crippen LogP contribution in [0.5, 0.6) is 0 Å². The van der Waals surface area contributed by atoms with Gasteiger partial charge in [0.25, 0.3) is 5.91 Å². The number of anilines is 1. The lowest BCUT2D eigenvalue weighted by atomic mass is 10.2. The molecule has 0 saturated carbocycles. The molecule has 0 spiro atoms. The fourth-order valence-electron chi connectivity index (χ4n) is 1.89. The van der Waals surface area contributed by atoms with Crippen molar-refractivity contribution in [2.24, 2.45) is 5.73 Å². The Morgan fingerprint density at radius 2 is 2.05 bits per heavy atom. The molecule has 0 bridgehead atoms. The number of amides is 1. The number of primary amides is 1. The van der Waals surface area contributed by atoms with E-state index in [0.29, 0.717) is 28.0 Å². The Morgan fingerprint density at radius 3 is 2.75 bits per heavy atom. The van der Waals surface area contributed by atoms with Gasteiger partial charge in [0.1, 0.15) is 5.82 Å². The number of carbonyl (C=O) groups excluding carboxylic acids is 1. The molecular weight excluding hydrogens is 297 g/mol. The van der Waals surface area contributed by atoms with Crippen LogP contribution in [0.1, 0.15) is 15.9 Å². The predicted molar refractivity (Wildman–Crippen MR) is 81.3 cm³/mol. The van der Waals surface area contributed by atoms with E-state index in [2.05, 4.69) is 4.98 Å². The van der Waals surface area contributed by atoms with Gasteiger partial charge in [0.2, 0.25) is 0 Å². The van der Waals surface area contributed by atoms with Crippen LogP contribution in [-0.2, 0) is 6.54 Å². The zero-order valence-electron chi connectivity index (χ0n) is 10.8. The second-order valence-electron chi connectivity index (χ2n) is 4.31. The molecule has 20 heavy (non-hydrogen) atoms. The zero-order valence-corrected chi connectivity index (χ0v) is 12.3. The highest BCUT2D eigenvalue weighted by molar-refractivity contribution is 6.42. The van der Waals surface area contributed by atoms with E-state index in [0.717, 1.165) is 5.56 Å². The van der Waals surface area contributed by atoms with Crippen LogP contribution in [0.2, 0.25) is 10.0 Å². The van der Waals surface area contributed by atoms with Gasteiger partial charge >= 0.3 is 0 Å². The first-order valence-corrected chi connectivity index (χ1v) is 6.65. The molecule has 1 aromatic carbocycles. The second kappa shape index (κ2) is 6.11. The van der Waals surface area contributed by atoms with E-state index < -0.39 is 5.91 Å². The highest BCUT2D eigenvalue weighted by Gasteiger charge is 2.14. The average molecular weight is 310 g/mol. The molecule has 2 rings (SSSR count). The molecule has 1 heterocycles. The molecule has 0 saturated heterocycles. The average Bonchev–Trinajstić information content (AvgIpc) is 2.43. The van der Waals surface area contributed by atoms with Gasteiger partial charge in [-0.15, -0.1) is 0 Å². The van der Waals surface area contributed by atoms with Gasteiger partial charge in [0.05, 0.1) is 15.6 Å². The molecule has 1 amide bonds. The number of nitrogens with two attached hydrogens (primary N) is 1. The largest absolute Gasteiger partial charge is 0.365 e. The molecule has 2 aromatic rings. The lowest BCUT2D eigenvalue weighted by Gasteiger charge is -2.21. The van der Waals surface area contributed by atoms with Gasteiger partial charge in [0, 0.05) is 19.8 Å². The summed E-state index contributed by atoms with van der Waals surface area (Å²) in [7, 11) is 1.81. The van der Waals surface area contributed by atoms with Crippen molar-refractivity contribution >= 4 is 34.9 Å². The Hall–Kier alpha value is -1.78. The molecule has 2 N–H and O–H groups in total. The monoisotopic (exact) mass is 309 g/mol. The molecule has 104 valence electrons. The molecule has 6 heteroatoms. The van der Waals surface area contributed by atoms with E-state index in [-0.39, 0.29) is 0 Å². The first-order chi connectivity index (χ1) is 9.50. The minimum absolute atomic E-state index is 0.369. The summed E-state index contributed by atoms with van der Waals surface area (Å²) >= 11 is 12.1. The van der Waals surface area contributed by atoms with E-state index in [1.165, 1.54) is 0 Å². The number of pyridine rings is 1. The third-order valence-electron chi connectivity index (χ3n) is 2.85. The summed E-state index contributed by atoms with van der Waals surface area (Å²) in [4.78, 5) is 17.4. The van der Waals surface area contributed by atoms with Gasteiger partial charge in [-0.1, -0.05) is 35.3 Å². The quantitative estimate of drug-likeness (QED) is 0.944. The number of hydrogen-bond donors (Lipinski definition) is 1. The second-order valence-corrected chi connectivity index (χ2v) is 5.09. The topological polar surface area (TPSA) is 59.2 Å². The summed E-state index contributed by atoms with van der Waals surface area (Å²) in [5, 5.41) is 0.992. The van der Waals surface area contributed by atoms with Crippen LogP contribution in [0.3, 0.4) is 0 Å². The molecule has 0 fully saturated rings. The molecule has 1 aromatic heterocycles. The number of nitrogens with zero attached hydrogens (tertiary/aromatic N) is 2. The summed E-state index contributed by atoms with van der Waals surface area (Å²) in [5.74, 6) is -0.00631. The standard InChI is InChI=1S/C14H13Cl2N3O/c1-19(8-9-4-2-6-11(15)12(9)16)14-10(13(17)20)5-3-7-18-14/h2-7H,8H2,1H3,(H2,17,20). The SMILES string of the molecule is CN(Cc1cccc(Cl)c1Cl)c1ncccc1C(N)=O. The number of carbonyl (C=O) groups is 1. The molecular formula is C14H13Cl2N3O. The predicted octanol–water partition coefficient (Wildman–Crippen LogP) is 3.12. The van der Waals surface area contributed by atoms with E-state index in [1.807, 2.05) is 19.2 Å². The maximum Gasteiger partial charge on any atom is 0.252 e. The van der Waals surface area contributed by atoms with Crippen LogP contribution in [0, 0.1) is 0 Å². The summed E-state index contributed by atoms with van der Waals surface area (Å²) in [6.07, 6.45) is 1.61. The number of benzene rings is 1. The zero-order chi connectivity index (χ0) is 14.7. The van der Waals surface area contributed by atoms with Crippen molar-refractivity contribution in [3.8, 4) is 0 Å². The lowest BCUT2D eigenvalue weighted by molar-refractivity contribution is 0.100. The molecule has 0 aliphatic rings. The van der Waals surface area contributed by atoms with Crippen molar-refractivity contribution in [3.63, 3.8) is 0 Å². The third-order valence-corrected chi connectivity index (χ3v) is 3.71. The van der Waals surface area contributed by atoms with Crippen LogP contribution in [0.25, 0.3) is 0 Å². The summed E-state index contributed by atoms with van der Waals surface area (Å²) in [6.45, 7) is 0.469. The maximum absolute atomic E-state index is 11.4. The van der Waals surface area contributed by atoms with Gasteiger partial charge in [-0.3, -0.25) is 4.79 Å². The van der Waals surface area contributed by atoms with Crippen LogP contribution < -0.4 is 10.6 Å². The first kappa shape index (κ1) is 14.6. The van der Waals surface area contributed by atoms with Crippen molar-refractivity contribution in [1.82, 2.24) is 4.98 Å². The Bertz CT molecular complexity index is 646. The van der Waals surface area contributed by atoms with Crippen molar-refractivity contribution < 1.29 is 4.79 Å². The van der Waals surface area contributed by atoms with Gasteiger partial charge in [-0.2, -0.15) is 0 Å². The third kappa shape index (κ3) is 3.03. The van der Waals surface area contributed by atoms with E-state index in [9.17, 15) is 4.79 Å². The Labute approximate surface area is 127 Å². The van der Waals surface area contributed by atoms with E-state index in [1.54, 1.807) is 29.3 Å². The highest BCUT2D eigenvalue weighted by atomic mass is 35.5. The normalized spacial score (nSPS) is 10.3. The first-order valence-electron chi connectivity index (χ1n) is 5.89. The van der Waals surface area contributed by atoms with Crippen LogP contribution >= 0.6 is 23.2 Å². The summed E-state index contributed by atoms with van der Waals surface area (Å²) in [5.41, 5.74) is 6.57. The fourth-order valence-corrected chi connectivity index (χ4v) is 2.27. The number of rotatable bonds is 4. The van der Waals surface area contributed by atoms with Crippen molar-refractivity contribution in [2.45, 2.75) is 6.54 Å². The van der Waals surface area contributed by atoms with E-state index >= 15 is 0 Å². The van der Waals surface area contributed by atoms with Crippen LogP contribution in [0.4, 0.5) is 5.82 Å². The summed E-state index contributed by atoms with van der Waals surface area (Å²) in [6, 6.07) is 8.73. The maximum atomic E-state index is 11.4. The van der Waals surface area contributed by atoms with Gasteiger partial charge in [-0.25, -0.2) is 4.98 Å². The van der Waals surface area contributed by atoms with Gasteiger partial charge < -0.3 is 10.6 Å². The fraction of sp³-hybridized carbons (Fsp3) is 0.143. The van der Waals surface area contributed by atoms with Gasteiger partial charge in [-0.05, 0) is 23.8 Å². The van der Waals surface area contributed by atoms with Crippen LogP contribution in [0.15, 0.2) is 36.5 Å². The Balaban J connectivity index is 2.31.